The highest BCUT2D eigenvalue weighted by molar-refractivity contribution is 7.13. The van der Waals surface area contributed by atoms with Gasteiger partial charge >= 0.3 is 0 Å². The number of rotatable bonds is 5. The second-order valence-corrected chi connectivity index (χ2v) is 8.39. The minimum atomic E-state index is 1.03. The summed E-state index contributed by atoms with van der Waals surface area (Å²) in [6.45, 7) is 4.35. The Labute approximate surface area is 160 Å². The molecule has 4 rings (SSSR count). The first kappa shape index (κ1) is 17.3. The van der Waals surface area contributed by atoms with E-state index in [1.54, 1.807) is 0 Å². The van der Waals surface area contributed by atoms with Gasteiger partial charge in [0.1, 0.15) is 0 Å². The van der Waals surface area contributed by atoms with Gasteiger partial charge in [-0.2, -0.15) is 0 Å². The molecule has 2 heterocycles. The zero-order valence-corrected chi connectivity index (χ0v) is 16.6. The monoisotopic (exact) mass is 362 g/mol. The van der Waals surface area contributed by atoms with Gasteiger partial charge in [-0.05, 0) is 74.3 Å². The number of thiophene rings is 1. The summed E-state index contributed by atoms with van der Waals surface area (Å²) in [5.41, 5.74) is 8.32. The molecular formula is C23H26N2S. The van der Waals surface area contributed by atoms with E-state index in [1.165, 1.54) is 38.5 Å². The number of nitrogens with zero attached hydrogens (tertiary/aromatic N) is 2. The molecule has 134 valence electrons. The fourth-order valence-electron chi connectivity index (χ4n) is 3.80. The summed E-state index contributed by atoms with van der Waals surface area (Å²) < 4.78 is 0. The van der Waals surface area contributed by atoms with Crippen LogP contribution in [0.1, 0.15) is 23.1 Å². The molecule has 1 aliphatic rings. The predicted molar refractivity (Wildman–Crippen MR) is 114 cm³/mol. The molecule has 2 aromatic carbocycles. The van der Waals surface area contributed by atoms with E-state index >= 15 is 0 Å². The Morgan fingerprint density at radius 3 is 2.65 bits per heavy atom. The van der Waals surface area contributed by atoms with Gasteiger partial charge in [-0.1, -0.05) is 35.9 Å². The largest absolute Gasteiger partial charge is 0.341 e. The first-order valence-electron chi connectivity index (χ1n) is 9.30. The highest BCUT2D eigenvalue weighted by atomic mass is 32.1. The average molecular weight is 363 g/mol. The lowest BCUT2D eigenvalue weighted by Gasteiger charge is -2.34. The third-order valence-corrected chi connectivity index (χ3v) is 5.99. The van der Waals surface area contributed by atoms with Crippen molar-refractivity contribution < 1.29 is 0 Å². The second-order valence-electron chi connectivity index (χ2n) is 7.44. The first-order valence-corrected chi connectivity index (χ1v) is 10.2. The zero-order chi connectivity index (χ0) is 18.1. The molecular weight excluding hydrogens is 336 g/mol. The topological polar surface area (TPSA) is 6.48 Å². The van der Waals surface area contributed by atoms with Crippen molar-refractivity contribution in [3.8, 4) is 10.4 Å². The van der Waals surface area contributed by atoms with Crippen LogP contribution < -0.4 is 4.90 Å². The van der Waals surface area contributed by atoms with E-state index in [-0.39, 0.29) is 0 Å². The summed E-state index contributed by atoms with van der Waals surface area (Å²) in [6, 6.07) is 18.2. The molecule has 0 atom stereocenters. The number of fused-ring (bicyclic) bond motifs is 2. The number of anilines is 2. The summed E-state index contributed by atoms with van der Waals surface area (Å²) in [6.07, 6.45) is 2.18. The maximum atomic E-state index is 2.54. The van der Waals surface area contributed by atoms with E-state index in [1.807, 2.05) is 11.3 Å². The maximum absolute atomic E-state index is 2.54. The Morgan fingerprint density at radius 2 is 1.88 bits per heavy atom. The third-order valence-electron chi connectivity index (χ3n) is 5.08. The molecule has 1 aromatic heterocycles. The molecule has 0 spiro atoms. The number of hydrogen-bond donors (Lipinski definition) is 0. The molecule has 3 heteroatoms. The molecule has 0 fully saturated rings. The number of hydrogen-bond acceptors (Lipinski definition) is 3. The Bertz CT molecular complexity index is 897. The van der Waals surface area contributed by atoms with E-state index in [0.29, 0.717) is 0 Å². The van der Waals surface area contributed by atoms with Crippen LogP contribution in [0.4, 0.5) is 11.4 Å². The van der Waals surface area contributed by atoms with Crippen molar-refractivity contribution >= 4 is 22.7 Å². The molecule has 0 bridgehead atoms. The normalized spacial score (nSPS) is 13.0. The van der Waals surface area contributed by atoms with Crippen molar-refractivity contribution in [3.05, 3.63) is 70.6 Å². The van der Waals surface area contributed by atoms with Crippen molar-refractivity contribution in [2.45, 2.75) is 19.8 Å². The molecule has 26 heavy (non-hydrogen) atoms. The van der Waals surface area contributed by atoms with Crippen LogP contribution in [0.25, 0.3) is 10.4 Å². The van der Waals surface area contributed by atoms with Crippen molar-refractivity contribution in [1.29, 1.82) is 0 Å². The van der Waals surface area contributed by atoms with Crippen molar-refractivity contribution in [3.63, 3.8) is 0 Å². The van der Waals surface area contributed by atoms with E-state index in [4.69, 9.17) is 0 Å². The summed E-state index contributed by atoms with van der Waals surface area (Å²) >= 11 is 1.81. The molecule has 0 amide bonds. The average Bonchev–Trinajstić information content (AvgIpc) is 3.15. The van der Waals surface area contributed by atoms with Crippen molar-refractivity contribution in [2.24, 2.45) is 0 Å². The van der Waals surface area contributed by atoms with Gasteiger partial charge in [0.05, 0.1) is 0 Å². The van der Waals surface area contributed by atoms with Gasteiger partial charge in [-0.3, -0.25) is 0 Å². The quantitative estimate of drug-likeness (QED) is 0.573. The van der Waals surface area contributed by atoms with Crippen LogP contribution in [0.3, 0.4) is 0 Å². The van der Waals surface area contributed by atoms with Crippen molar-refractivity contribution in [1.82, 2.24) is 4.90 Å². The van der Waals surface area contributed by atoms with Gasteiger partial charge in [0.2, 0.25) is 0 Å². The first-order chi connectivity index (χ1) is 12.6. The van der Waals surface area contributed by atoms with Gasteiger partial charge in [0, 0.05) is 29.2 Å². The molecule has 2 nitrogen and oxygen atoms in total. The molecule has 0 saturated heterocycles. The molecule has 0 N–H and O–H groups in total. The van der Waals surface area contributed by atoms with E-state index < -0.39 is 0 Å². The Balaban J connectivity index is 1.74. The van der Waals surface area contributed by atoms with Crippen LogP contribution in [-0.2, 0) is 6.42 Å². The molecule has 1 aliphatic heterocycles. The van der Waals surface area contributed by atoms with Gasteiger partial charge in [-0.25, -0.2) is 0 Å². The molecule has 0 radical (unpaired) electrons. The minimum Gasteiger partial charge on any atom is -0.341 e. The molecule has 0 aliphatic carbocycles. The Hall–Kier alpha value is -2.10. The van der Waals surface area contributed by atoms with Gasteiger partial charge in [0.25, 0.3) is 0 Å². The lowest BCUT2D eigenvalue weighted by Crippen LogP contribution is -2.27. The lowest BCUT2D eigenvalue weighted by atomic mass is 9.93. The van der Waals surface area contributed by atoms with Crippen LogP contribution in [0.2, 0.25) is 0 Å². The Morgan fingerprint density at radius 1 is 1.00 bits per heavy atom. The summed E-state index contributed by atoms with van der Waals surface area (Å²) in [5.74, 6) is 0. The summed E-state index contributed by atoms with van der Waals surface area (Å²) in [4.78, 5) is 6.15. The third kappa shape index (κ3) is 3.42. The van der Waals surface area contributed by atoms with Crippen LogP contribution in [0.15, 0.2) is 53.9 Å². The van der Waals surface area contributed by atoms with Crippen LogP contribution >= 0.6 is 11.3 Å². The standard InChI is InChI=1S/C23H26N2S/c1-17-7-10-21-20(14-17)15-18-8-9-19(23-6-4-13-26-23)16-22(18)25(21)12-5-11-24(2)3/h4,6-10,13-14,16H,5,11-12,15H2,1-3H3. The zero-order valence-electron chi connectivity index (χ0n) is 15.8. The van der Waals surface area contributed by atoms with Crippen LogP contribution in [-0.4, -0.2) is 32.1 Å². The SMILES string of the molecule is Cc1ccc2c(c1)Cc1ccc(-c3cccs3)cc1N2CCCN(C)C. The molecule has 0 unspecified atom stereocenters. The highest BCUT2D eigenvalue weighted by Crippen LogP contribution is 2.41. The number of aryl methyl sites for hydroxylation is 1. The smallest absolute Gasteiger partial charge is 0.0453 e. The van der Waals surface area contributed by atoms with E-state index in [2.05, 4.69) is 84.7 Å². The summed E-state index contributed by atoms with van der Waals surface area (Å²) in [7, 11) is 4.30. The van der Waals surface area contributed by atoms with Gasteiger partial charge in [0.15, 0.2) is 0 Å². The second kappa shape index (κ2) is 7.26. The van der Waals surface area contributed by atoms with Crippen LogP contribution in [0, 0.1) is 6.92 Å². The maximum Gasteiger partial charge on any atom is 0.0453 e. The van der Waals surface area contributed by atoms with Crippen molar-refractivity contribution in [2.75, 3.05) is 32.1 Å². The molecule has 3 aromatic rings. The predicted octanol–water partition coefficient (Wildman–Crippen LogP) is 5.72. The fourth-order valence-corrected chi connectivity index (χ4v) is 4.52. The van der Waals surface area contributed by atoms with E-state index in [9.17, 15) is 0 Å². The van der Waals surface area contributed by atoms with Gasteiger partial charge in [-0.15, -0.1) is 11.3 Å². The minimum absolute atomic E-state index is 1.03. The van der Waals surface area contributed by atoms with E-state index in [0.717, 1.165) is 25.9 Å². The molecule has 0 saturated carbocycles. The summed E-state index contributed by atoms with van der Waals surface area (Å²) in [5, 5.41) is 2.15. The highest BCUT2D eigenvalue weighted by Gasteiger charge is 2.23. The fraction of sp³-hybridized carbons (Fsp3) is 0.304. The lowest BCUT2D eigenvalue weighted by molar-refractivity contribution is 0.402. The number of benzene rings is 2. The van der Waals surface area contributed by atoms with Gasteiger partial charge < -0.3 is 9.80 Å². The van der Waals surface area contributed by atoms with Crippen LogP contribution in [0.5, 0.6) is 0 Å². The Kier molecular flexibility index (Phi) is 4.84.